The fraction of sp³-hybridized carbons (Fsp3) is 0.0588. The minimum Gasteiger partial charge on any atom is -0.496 e. The van der Waals surface area contributed by atoms with E-state index in [4.69, 9.17) is 4.74 Å². The first-order valence-corrected chi connectivity index (χ1v) is 8.25. The van der Waals surface area contributed by atoms with Gasteiger partial charge in [0.25, 0.3) is 5.91 Å². The Morgan fingerprint density at radius 3 is 2.62 bits per heavy atom. The molecule has 1 amide bonds. The van der Waals surface area contributed by atoms with Gasteiger partial charge in [-0.1, -0.05) is 22.0 Å². The van der Waals surface area contributed by atoms with Gasteiger partial charge in [0.2, 0.25) is 0 Å². The minimum atomic E-state index is -0.689. The lowest BCUT2D eigenvalue weighted by molar-refractivity contribution is -0.112. The number of amides is 1. The Morgan fingerprint density at radius 2 is 2.04 bits per heavy atom. The van der Waals surface area contributed by atoms with Gasteiger partial charge in [0.1, 0.15) is 23.2 Å². The monoisotopic (exact) mass is 452 g/mol. The number of benzene rings is 2. The number of methoxy groups -OCH3 is 1. The number of nitrogens with zero attached hydrogens (tertiary/aromatic N) is 1. The number of ether oxygens (including phenoxy) is 1. The Bertz CT molecular complexity index is 860. The number of carbonyl (C=O) groups excluding carboxylic acids is 1. The molecule has 24 heavy (non-hydrogen) atoms. The molecule has 0 aliphatic rings. The van der Waals surface area contributed by atoms with Gasteiger partial charge in [0.15, 0.2) is 0 Å². The molecule has 7 heteroatoms. The Morgan fingerprint density at radius 1 is 1.29 bits per heavy atom. The predicted molar refractivity (Wildman–Crippen MR) is 97.0 cm³/mol. The number of halogens is 3. The number of nitrogens with one attached hydrogen (secondary N) is 1. The van der Waals surface area contributed by atoms with Crippen LogP contribution < -0.4 is 10.1 Å². The molecule has 0 fully saturated rings. The van der Waals surface area contributed by atoms with Crippen molar-refractivity contribution in [3.63, 3.8) is 0 Å². The van der Waals surface area contributed by atoms with Gasteiger partial charge >= 0.3 is 0 Å². The normalized spacial score (nSPS) is 10.9. The van der Waals surface area contributed by atoms with Crippen LogP contribution in [0.2, 0.25) is 0 Å². The largest absolute Gasteiger partial charge is 0.496 e. The summed E-state index contributed by atoms with van der Waals surface area (Å²) >= 11 is 6.47. The Hall–Kier alpha value is -2.17. The molecule has 0 aliphatic heterocycles. The molecule has 2 aromatic carbocycles. The van der Waals surface area contributed by atoms with Crippen LogP contribution in [0.5, 0.6) is 5.75 Å². The standard InChI is InChI=1S/C17H11Br2FN2O2/c1-24-16-5-2-10(7-13(16)19)6-11(9-21)17(23)22-15-4-3-12(18)8-14(15)20/h2-8H,1H3,(H,22,23)/b11-6-. The molecule has 0 saturated heterocycles. The van der Waals surface area contributed by atoms with Crippen LogP contribution in [-0.4, -0.2) is 13.0 Å². The summed E-state index contributed by atoms with van der Waals surface area (Å²) < 4.78 is 20.1. The molecular formula is C17H11Br2FN2O2. The van der Waals surface area contributed by atoms with Crippen molar-refractivity contribution in [2.24, 2.45) is 0 Å². The molecule has 4 nitrogen and oxygen atoms in total. The van der Waals surface area contributed by atoms with E-state index in [1.54, 1.807) is 24.3 Å². The van der Waals surface area contributed by atoms with Gasteiger partial charge in [-0.05, 0) is 57.9 Å². The molecule has 0 spiro atoms. The number of carbonyl (C=O) groups is 1. The lowest BCUT2D eigenvalue weighted by Crippen LogP contribution is -2.14. The van der Waals surface area contributed by atoms with E-state index >= 15 is 0 Å². The quantitative estimate of drug-likeness (QED) is 0.528. The Labute approximate surface area is 155 Å². The average molecular weight is 454 g/mol. The van der Waals surface area contributed by atoms with Crippen LogP contribution in [0, 0.1) is 17.1 Å². The predicted octanol–water partition coefficient (Wildman–Crippen LogP) is 4.90. The molecule has 0 radical (unpaired) electrons. The second kappa shape index (κ2) is 8.08. The molecular weight excluding hydrogens is 443 g/mol. The number of hydrogen-bond acceptors (Lipinski definition) is 3. The molecule has 0 heterocycles. The van der Waals surface area contributed by atoms with E-state index < -0.39 is 11.7 Å². The number of anilines is 1. The van der Waals surface area contributed by atoms with Crippen molar-refractivity contribution in [1.29, 1.82) is 5.26 Å². The SMILES string of the molecule is COc1ccc(/C=C(/C#N)C(=O)Nc2ccc(Br)cc2F)cc1Br. The van der Waals surface area contributed by atoms with Crippen LogP contribution >= 0.6 is 31.9 Å². The van der Waals surface area contributed by atoms with E-state index in [2.05, 4.69) is 37.2 Å². The first kappa shape index (κ1) is 18.2. The topological polar surface area (TPSA) is 62.1 Å². The van der Waals surface area contributed by atoms with Gasteiger partial charge in [-0.15, -0.1) is 0 Å². The zero-order valence-corrected chi connectivity index (χ0v) is 15.6. The van der Waals surface area contributed by atoms with Crippen molar-refractivity contribution in [2.45, 2.75) is 0 Å². The summed E-state index contributed by atoms with van der Waals surface area (Å²) in [4.78, 5) is 12.2. The van der Waals surface area contributed by atoms with Crippen LogP contribution in [-0.2, 0) is 4.79 Å². The number of rotatable bonds is 4. The molecule has 0 aromatic heterocycles. The van der Waals surface area contributed by atoms with Gasteiger partial charge in [0, 0.05) is 4.47 Å². The van der Waals surface area contributed by atoms with Crippen molar-refractivity contribution < 1.29 is 13.9 Å². The summed E-state index contributed by atoms with van der Waals surface area (Å²) in [7, 11) is 1.54. The average Bonchev–Trinajstić information content (AvgIpc) is 2.55. The third kappa shape index (κ3) is 4.43. The molecule has 2 aromatic rings. The van der Waals surface area contributed by atoms with Crippen molar-refractivity contribution in [3.05, 3.63) is 62.3 Å². The lowest BCUT2D eigenvalue weighted by atomic mass is 10.1. The van der Waals surface area contributed by atoms with Gasteiger partial charge < -0.3 is 10.1 Å². The third-order valence-electron chi connectivity index (χ3n) is 3.03. The fourth-order valence-corrected chi connectivity index (χ4v) is 2.76. The van der Waals surface area contributed by atoms with E-state index in [0.717, 1.165) is 0 Å². The maximum absolute atomic E-state index is 13.8. The summed E-state index contributed by atoms with van der Waals surface area (Å²) in [6.45, 7) is 0. The Balaban J connectivity index is 2.25. The second-order valence-electron chi connectivity index (χ2n) is 4.64. The van der Waals surface area contributed by atoms with Crippen molar-refractivity contribution in [1.82, 2.24) is 0 Å². The van der Waals surface area contributed by atoms with Crippen LogP contribution in [0.1, 0.15) is 5.56 Å². The maximum atomic E-state index is 13.8. The molecule has 0 bridgehead atoms. The lowest BCUT2D eigenvalue weighted by Gasteiger charge is -2.07. The molecule has 0 unspecified atom stereocenters. The summed E-state index contributed by atoms with van der Waals surface area (Å²) in [6, 6.07) is 11.2. The van der Waals surface area contributed by atoms with Crippen LogP contribution in [0.3, 0.4) is 0 Å². The van der Waals surface area contributed by atoms with E-state index in [-0.39, 0.29) is 11.3 Å². The van der Waals surface area contributed by atoms with Gasteiger partial charge in [0.05, 0.1) is 17.3 Å². The third-order valence-corrected chi connectivity index (χ3v) is 4.14. The van der Waals surface area contributed by atoms with Crippen LogP contribution in [0.15, 0.2) is 50.9 Å². The first-order chi connectivity index (χ1) is 11.4. The molecule has 0 atom stereocenters. The highest BCUT2D eigenvalue weighted by Crippen LogP contribution is 2.26. The van der Waals surface area contributed by atoms with Crippen LogP contribution in [0.4, 0.5) is 10.1 Å². The summed E-state index contributed by atoms with van der Waals surface area (Å²) in [5, 5.41) is 11.6. The van der Waals surface area contributed by atoms with E-state index in [0.29, 0.717) is 20.3 Å². The first-order valence-electron chi connectivity index (χ1n) is 6.66. The number of nitriles is 1. The molecule has 0 aliphatic carbocycles. The smallest absolute Gasteiger partial charge is 0.266 e. The summed E-state index contributed by atoms with van der Waals surface area (Å²) in [5.41, 5.74) is 0.486. The van der Waals surface area contributed by atoms with E-state index in [9.17, 15) is 14.4 Å². The van der Waals surface area contributed by atoms with Gasteiger partial charge in [-0.2, -0.15) is 5.26 Å². The van der Waals surface area contributed by atoms with Crippen LogP contribution in [0.25, 0.3) is 6.08 Å². The highest BCUT2D eigenvalue weighted by molar-refractivity contribution is 9.10. The molecule has 0 saturated carbocycles. The second-order valence-corrected chi connectivity index (χ2v) is 6.41. The molecule has 1 N–H and O–H groups in total. The fourth-order valence-electron chi connectivity index (χ4n) is 1.87. The highest BCUT2D eigenvalue weighted by atomic mass is 79.9. The van der Waals surface area contributed by atoms with E-state index in [1.165, 1.54) is 25.3 Å². The maximum Gasteiger partial charge on any atom is 0.266 e. The highest BCUT2D eigenvalue weighted by Gasteiger charge is 2.12. The van der Waals surface area contributed by atoms with Crippen molar-refractivity contribution in [2.75, 3.05) is 12.4 Å². The number of hydrogen-bond donors (Lipinski definition) is 1. The van der Waals surface area contributed by atoms with Gasteiger partial charge in [-0.3, -0.25) is 4.79 Å². The van der Waals surface area contributed by atoms with E-state index in [1.807, 2.05) is 6.07 Å². The zero-order chi connectivity index (χ0) is 17.7. The van der Waals surface area contributed by atoms with Crippen molar-refractivity contribution in [3.8, 4) is 11.8 Å². The summed E-state index contributed by atoms with van der Waals surface area (Å²) in [5.74, 6) is -0.653. The van der Waals surface area contributed by atoms with Crippen molar-refractivity contribution >= 4 is 49.5 Å². The zero-order valence-electron chi connectivity index (χ0n) is 12.4. The Kier molecular flexibility index (Phi) is 6.12. The molecule has 122 valence electrons. The van der Waals surface area contributed by atoms with Gasteiger partial charge in [-0.25, -0.2) is 4.39 Å². The molecule has 2 rings (SSSR count). The minimum absolute atomic E-state index is 0.000242. The summed E-state index contributed by atoms with van der Waals surface area (Å²) in [6.07, 6.45) is 1.41.